The second kappa shape index (κ2) is 11.5. The molecule has 1 aliphatic carbocycles. The molecule has 1 saturated carbocycles. The number of aryl methyl sites for hydroxylation is 1. The molecule has 2 aromatic rings. The van der Waals surface area contributed by atoms with Crippen molar-refractivity contribution in [3.8, 4) is 5.75 Å². The number of carbonyl (C=O) groups excluding carboxylic acids is 2. The highest BCUT2D eigenvalue weighted by molar-refractivity contribution is 5.76. The first-order valence-electron chi connectivity index (χ1n) is 13.3. The van der Waals surface area contributed by atoms with Crippen LogP contribution in [0.1, 0.15) is 69.4 Å². The summed E-state index contributed by atoms with van der Waals surface area (Å²) in [6.07, 6.45) is 7.50. The number of hydrogen-bond acceptors (Lipinski definition) is 5. The van der Waals surface area contributed by atoms with Gasteiger partial charge < -0.3 is 20.1 Å². The number of carbonyl (C=O) groups is 2. The maximum Gasteiger partial charge on any atom is 0.303 e. The number of nitrogens with one attached hydrogen (secondary N) is 1. The number of esters is 1. The number of fused-ring (bicyclic) bond motifs is 1. The van der Waals surface area contributed by atoms with Crippen molar-refractivity contribution in [1.29, 1.82) is 0 Å². The van der Waals surface area contributed by atoms with Crippen LogP contribution in [0.2, 0.25) is 0 Å². The maximum absolute atomic E-state index is 12.9. The average molecular weight is 493 g/mol. The second-order valence-corrected chi connectivity index (χ2v) is 10.8. The highest BCUT2D eigenvalue weighted by Crippen LogP contribution is 2.53. The van der Waals surface area contributed by atoms with Gasteiger partial charge in [-0.05, 0) is 81.8 Å². The lowest BCUT2D eigenvalue weighted by Gasteiger charge is -2.59. The number of piperidine rings is 1. The molecule has 0 aromatic heterocycles. The molecule has 194 valence electrons. The number of ether oxygens (including phenoxy) is 1. The van der Waals surface area contributed by atoms with E-state index in [0.29, 0.717) is 25.8 Å². The fourth-order valence-corrected chi connectivity index (χ4v) is 6.46. The molecule has 1 saturated heterocycles. The number of likely N-dealkylation sites (tertiary alicyclic amines) is 1. The third kappa shape index (κ3) is 5.92. The van der Waals surface area contributed by atoms with Crippen molar-refractivity contribution in [2.75, 3.05) is 20.1 Å². The number of amides is 1. The van der Waals surface area contributed by atoms with E-state index >= 15 is 0 Å². The van der Waals surface area contributed by atoms with Gasteiger partial charge in [0.05, 0.1) is 0 Å². The third-order valence-corrected chi connectivity index (χ3v) is 8.12. The zero-order chi connectivity index (χ0) is 25.6. The summed E-state index contributed by atoms with van der Waals surface area (Å²) >= 11 is 0. The molecular weight excluding hydrogens is 452 g/mol. The van der Waals surface area contributed by atoms with Gasteiger partial charge in [-0.15, -0.1) is 0 Å². The van der Waals surface area contributed by atoms with Crippen molar-refractivity contribution >= 4 is 11.9 Å². The number of phenols is 1. The van der Waals surface area contributed by atoms with E-state index in [0.717, 1.165) is 50.6 Å². The van der Waals surface area contributed by atoms with Crippen LogP contribution in [0.15, 0.2) is 54.6 Å². The molecule has 1 amide bonds. The summed E-state index contributed by atoms with van der Waals surface area (Å²) in [5.74, 6) is 0.0192. The molecule has 0 radical (unpaired) electrons. The highest BCUT2D eigenvalue weighted by atomic mass is 16.6. The van der Waals surface area contributed by atoms with Gasteiger partial charge in [0.2, 0.25) is 5.91 Å². The zero-order valence-electron chi connectivity index (χ0n) is 21.7. The molecule has 0 bridgehead atoms. The van der Waals surface area contributed by atoms with Gasteiger partial charge in [-0.1, -0.05) is 48.9 Å². The summed E-state index contributed by atoms with van der Waals surface area (Å²) in [5, 5.41) is 13.6. The number of likely N-dealkylation sites (N-methyl/N-ethyl adjacent to an activating group) is 1. The smallest absolute Gasteiger partial charge is 0.303 e. The van der Waals surface area contributed by atoms with Crippen molar-refractivity contribution in [3.05, 3.63) is 65.7 Å². The van der Waals surface area contributed by atoms with Crippen molar-refractivity contribution in [1.82, 2.24) is 10.2 Å². The molecule has 6 nitrogen and oxygen atoms in total. The van der Waals surface area contributed by atoms with Crippen LogP contribution < -0.4 is 5.32 Å². The molecule has 6 heteroatoms. The highest BCUT2D eigenvalue weighted by Gasteiger charge is 2.60. The predicted molar refractivity (Wildman–Crippen MR) is 141 cm³/mol. The normalized spacial score (nSPS) is 26.1. The Bertz CT molecular complexity index is 1040. The number of hydrogen-bond donors (Lipinski definition) is 2. The summed E-state index contributed by atoms with van der Waals surface area (Å²) in [4.78, 5) is 27.4. The predicted octanol–water partition coefficient (Wildman–Crippen LogP) is 4.74. The van der Waals surface area contributed by atoms with Gasteiger partial charge in [0.15, 0.2) is 0 Å². The van der Waals surface area contributed by atoms with Crippen LogP contribution in [-0.4, -0.2) is 53.7 Å². The van der Waals surface area contributed by atoms with Gasteiger partial charge >= 0.3 is 5.97 Å². The number of unbranched alkanes of at least 4 members (excludes halogenated alkanes) is 2. The quantitative estimate of drug-likeness (QED) is 0.391. The molecule has 36 heavy (non-hydrogen) atoms. The summed E-state index contributed by atoms with van der Waals surface area (Å²) < 4.78 is 6.16. The van der Waals surface area contributed by atoms with Crippen LogP contribution in [-0.2, 0) is 26.2 Å². The van der Waals surface area contributed by atoms with Crippen LogP contribution in [0, 0.1) is 0 Å². The number of phenolic OH excluding ortho intramolecular Hbond substituents is 1. The van der Waals surface area contributed by atoms with E-state index < -0.39 is 11.0 Å². The Balaban J connectivity index is 1.42. The molecule has 2 aromatic carbocycles. The van der Waals surface area contributed by atoms with Crippen molar-refractivity contribution in [2.45, 2.75) is 81.8 Å². The minimum absolute atomic E-state index is 0.0104. The maximum atomic E-state index is 12.9. The summed E-state index contributed by atoms with van der Waals surface area (Å²) in [6, 6.07) is 17.8. The van der Waals surface area contributed by atoms with Crippen molar-refractivity contribution < 1.29 is 19.4 Å². The lowest BCUT2D eigenvalue weighted by molar-refractivity contribution is -0.185. The first-order valence-corrected chi connectivity index (χ1v) is 13.3. The van der Waals surface area contributed by atoms with Crippen molar-refractivity contribution in [3.63, 3.8) is 0 Å². The SMILES string of the molecule is CC(=O)O[C@]12CC[C@H](NC(=O)CCCCCc3ccccc3)C[C@]1(c1cccc(O)c1)CCN(C)C2. The molecule has 0 spiro atoms. The van der Waals surface area contributed by atoms with E-state index in [9.17, 15) is 14.7 Å². The second-order valence-electron chi connectivity index (χ2n) is 10.8. The summed E-state index contributed by atoms with van der Waals surface area (Å²) in [7, 11) is 2.06. The van der Waals surface area contributed by atoms with E-state index in [1.165, 1.54) is 12.5 Å². The van der Waals surface area contributed by atoms with E-state index in [1.807, 2.05) is 18.2 Å². The Labute approximate surface area is 215 Å². The molecule has 0 unspecified atom stereocenters. The number of aromatic hydroxyl groups is 1. The standard InChI is InChI=1S/C30H40N2O4/c1-23(33)36-30-17-16-26(31-28(35)15-8-4-7-12-24-10-5-3-6-11-24)21-29(30,18-19-32(2)22-30)25-13-9-14-27(34)20-25/h3,5-6,9-11,13-14,20,26,34H,4,7-8,12,15-19,21-22H2,1-2H3,(H,31,35)/t26-,29-,30-/m0/s1. The van der Waals surface area contributed by atoms with E-state index in [2.05, 4.69) is 41.5 Å². The number of benzene rings is 2. The first kappa shape index (κ1) is 26.2. The Morgan fingerprint density at radius 3 is 2.64 bits per heavy atom. The minimum atomic E-state index is -0.682. The molecule has 3 atom stereocenters. The summed E-state index contributed by atoms with van der Waals surface area (Å²) in [6.45, 7) is 2.98. The van der Waals surface area contributed by atoms with Crippen LogP contribution >= 0.6 is 0 Å². The van der Waals surface area contributed by atoms with Gasteiger partial charge in [-0.25, -0.2) is 0 Å². The number of nitrogens with zero attached hydrogens (tertiary/aromatic N) is 1. The summed E-state index contributed by atoms with van der Waals surface area (Å²) in [5.41, 5.74) is 1.18. The Hall–Kier alpha value is -2.86. The molecule has 1 heterocycles. The third-order valence-electron chi connectivity index (χ3n) is 8.12. The van der Waals surface area contributed by atoms with E-state index in [1.54, 1.807) is 12.1 Å². The van der Waals surface area contributed by atoms with Crippen molar-refractivity contribution in [2.24, 2.45) is 0 Å². The largest absolute Gasteiger partial charge is 0.508 e. The molecule has 4 rings (SSSR count). The molecule has 1 aliphatic heterocycles. The minimum Gasteiger partial charge on any atom is -0.508 e. The lowest BCUT2D eigenvalue weighted by atomic mass is 9.55. The molecule has 2 fully saturated rings. The van der Waals surface area contributed by atoms with Crippen LogP contribution in [0.25, 0.3) is 0 Å². The number of rotatable bonds is 9. The Kier molecular flexibility index (Phi) is 8.35. The van der Waals surface area contributed by atoms with Crippen LogP contribution in [0.3, 0.4) is 0 Å². The van der Waals surface area contributed by atoms with Gasteiger partial charge in [0, 0.05) is 31.3 Å². The fourth-order valence-electron chi connectivity index (χ4n) is 6.46. The van der Waals surface area contributed by atoms with Gasteiger partial charge in [-0.3, -0.25) is 9.59 Å². The molecular formula is C30H40N2O4. The van der Waals surface area contributed by atoms with Crippen LogP contribution in [0.5, 0.6) is 5.75 Å². The monoisotopic (exact) mass is 492 g/mol. The van der Waals surface area contributed by atoms with Gasteiger partial charge in [0.1, 0.15) is 11.4 Å². The van der Waals surface area contributed by atoms with Crippen LogP contribution in [0.4, 0.5) is 0 Å². The first-order chi connectivity index (χ1) is 17.3. The average Bonchev–Trinajstić information content (AvgIpc) is 2.84. The zero-order valence-corrected chi connectivity index (χ0v) is 21.7. The van der Waals surface area contributed by atoms with E-state index in [-0.39, 0.29) is 23.7 Å². The van der Waals surface area contributed by atoms with Gasteiger partial charge in [0.25, 0.3) is 0 Å². The Morgan fingerprint density at radius 2 is 1.89 bits per heavy atom. The fraction of sp³-hybridized carbons (Fsp3) is 0.533. The Morgan fingerprint density at radius 1 is 1.08 bits per heavy atom. The molecule has 2 aliphatic rings. The van der Waals surface area contributed by atoms with E-state index in [4.69, 9.17) is 4.74 Å². The lowest BCUT2D eigenvalue weighted by Crippen LogP contribution is -2.68. The van der Waals surface area contributed by atoms with Gasteiger partial charge in [-0.2, -0.15) is 0 Å². The topological polar surface area (TPSA) is 78.9 Å². The molecule has 2 N–H and O–H groups in total.